The molecular weight excluding hydrogens is 663 g/mol. The maximum absolute atomic E-state index is 14.0. The topological polar surface area (TPSA) is 109 Å². The number of amides is 3. The van der Waals surface area contributed by atoms with Crippen LogP contribution in [0.25, 0.3) is 0 Å². The van der Waals surface area contributed by atoms with E-state index < -0.39 is 40.6 Å². The fraction of sp³-hybridized carbons (Fsp3) is 0.333. The Kier molecular flexibility index (Phi) is 7.70. The molecule has 0 spiro atoms. The Bertz CT molecular complexity index is 1640. The third-order valence-corrected chi connectivity index (χ3v) is 10.2. The Labute approximate surface area is 253 Å². The van der Waals surface area contributed by atoms with Crippen LogP contribution in [0, 0.1) is 5.92 Å². The van der Waals surface area contributed by atoms with Gasteiger partial charge in [0.25, 0.3) is 5.91 Å². The molecule has 2 fully saturated rings. The molecule has 6 rings (SSSR count). The summed E-state index contributed by atoms with van der Waals surface area (Å²) in [6.07, 6.45) is -4.67. The summed E-state index contributed by atoms with van der Waals surface area (Å²) in [6.45, 7) is 1.42. The molecule has 1 aromatic heterocycles. The third-order valence-electron chi connectivity index (χ3n) is 7.28. The first-order valence-electron chi connectivity index (χ1n) is 12.8. The number of carbonyl (C=O) groups excluding carboxylic acids is 3. The molecule has 9 nitrogen and oxygen atoms in total. The van der Waals surface area contributed by atoms with Crippen LogP contribution in [0.3, 0.4) is 0 Å². The van der Waals surface area contributed by atoms with Gasteiger partial charge >= 0.3 is 11.0 Å². The second-order valence-corrected chi connectivity index (χ2v) is 12.9. The maximum atomic E-state index is 14.0. The van der Waals surface area contributed by atoms with Crippen molar-refractivity contribution in [2.45, 2.75) is 22.4 Å². The lowest BCUT2D eigenvalue weighted by atomic mass is 9.82. The summed E-state index contributed by atoms with van der Waals surface area (Å²) in [4.78, 5) is 58.1. The quantitative estimate of drug-likeness (QED) is 0.401. The molecule has 0 saturated carbocycles. The largest absolute Gasteiger partial charge is 0.483 e. The summed E-state index contributed by atoms with van der Waals surface area (Å²) in [5.74, 6) is -3.25. The molecule has 3 aliphatic heterocycles. The van der Waals surface area contributed by atoms with Crippen molar-refractivity contribution in [2.75, 3.05) is 37.8 Å². The molecule has 0 bridgehead atoms. The number of alkyl halides is 3. The van der Waals surface area contributed by atoms with E-state index in [0.717, 1.165) is 46.2 Å². The number of halogens is 4. The van der Waals surface area contributed by atoms with Crippen molar-refractivity contribution >= 4 is 62.4 Å². The van der Waals surface area contributed by atoms with Crippen molar-refractivity contribution in [2.24, 2.45) is 5.92 Å². The Morgan fingerprint density at radius 2 is 1.86 bits per heavy atom. The molecule has 4 heterocycles. The lowest BCUT2D eigenvalue weighted by Crippen LogP contribution is -2.43. The van der Waals surface area contributed by atoms with E-state index >= 15 is 0 Å². The van der Waals surface area contributed by atoms with Crippen LogP contribution in [0.1, 0.15) is 21.9 Å². The number of carbonyl (C=O) groups is 3. The number of thiazole rings is 1. The molecule has 3 unspecified atom stereocenters. The SMILES string of the molecule is O=C(COc1ccc(Br)cc1C1c2sc(=O)[nH]c2SC2C(=O)N(c3cccc(C(F)(F)F)c3)C(=O)C21)N1CCOCC1. The van der Waals surface area contributed by atoms with E-state index in [1.807, 2.05) is 0 Å². The van der Waals surface area contributed by atoms with Gasteiger partial charge in [-0.05, 0) is 36.4 Å². The van der Waals surface area contributed by atoms with Crippen molar-refractivity contribution in [3.8, 4) is 5.75 Å². The van der Waals surface area contributed by atoms with Gasteiger partial charge in [-0.15, -0.1) is 0 Å². The van der Waals surface area contributed by atoms with Crippen LogP contribution in [-0.2, 0) is 25.3 Å². The third kappa shape index (κ3) is 5.27. The predicted octanol–water partition coefficient (Wildman–Crippen LogP) is 4.25. The van der Waals surface area contributed by atoms with Crippen molar-refractivity contribution in [3.63, 3.8) is 0 Å². The van der Waals surface area contributed by atoms with Crippen LogP contribution in [0.5, 0.6) is 5.75 Å². The Hall–Kier alpha value is -3.14. The lowest BCUT2D eigenvalue weighted by Gasteiger charge is -2.31. The zero-order chi connectivity index (χ0) is 29.8. The number of thioether (sulfide) groups is 1. The number of nitrogens with one attached hydrogen (secondary N) is 1. The highest BCUT2D eigenvalue weighted by Gasteiger charge is 2.57. The molecule has 3 aromatic rings. The highest BCUT2D eigenvalue weighted by Crippen LogP contribution is 2.55. The summed E-state index contributed by atoms with van der Waals surface area (Å²) in [6, 6.07) is 9.09. The number of H-pyrrole nitrogens is 1. The number of aromatic nitrogens is 1. The van der Waals surface area contributed by atoms with Crippen LogP contribution in [0.15, 0.2) is 56.8 Å². The second kappa shape index (κ2) is 11.2. The van der Waals surface area contributed by atoms with Gasteiger partial charge in [-0.3, -0.25) is 19.2 Å². The number of ether oxygens (including phenoxy) is 2. The lowest BCUT2D eigenvalue weighted by molar-refractivity contribution is -0.138. The number of imide groups is 1. The van der Waals surface area contributed by atoms with Gasteiger partial charge in [0.2, 0.25) is 11.8 Å². The Morgan fingerprint density at radius 3 is 2.60 bits per heavy atom. The summed E-state index contributed by atoms with van der Waals surface area (Å²) < 4.78 is 52.3. The summed E-state index contributed by atoms with van der Waals surface area (Å²) in [7, 11) is 0. The smallest absolute Gasteiger partial charge is 0.416 e. The van der Waals surface area contributed by atoms with Gasteiger partial charge in [-0.2, -0.15) is 13.2 Å². The van der Waals surface area contributed by atoms with Crippen LogP contribution >= 0.6 is 39.0 Å². The van der Waals surface area contributed by atoms with E-state index in [1.54, 1.807) is 23.1 Å². The molecule has 0 radical (unpaired) electrons. The van der Waals surface area contributed by atoms with Crippen molar-refractivity contribution in [3.05, 3.63) is 72.6 Å². The average Bonchev–Trinajstić information content (AvgIpc) is 3.46. The van der Waals surface area contributed by atoms with Crippen LogP contribution < -0.4 is 14.5 Å². The van der Waals surface area contributed by atoms with Gasteiger partial charge in [0, 0.05) is 33.9 Å². The first kappa shape index (κ1) is 29.0. The highest BCUT2D eigenvalue weighted by atomic mass is 79.9. The zero-order valence-corrected chi connectivity index (χ0v) is 24.7. The molecule has 42 heavy (non-hydrogen) atoms. The number of nitrogens with zero attached hydrogens (tertiary/aromatic N) is 2. The van der Waals surface area contributed by atoms with Gasteiger partial charge in [0.15, 0.2) is 6.61 Å². The van der Waals surface area contributed by atoms with Crippen LogP contribution in [-0.4, -0.2) is 65.8 Å². The average molecular weight is 685 g/mol. The second-order valence-electron chi connectivity index (χ2n) is 9.77. The van der Waals surface area contributed by atoms with Crippen molar-refractivity contribution in [1.82, 2.24) is 9.88 Å². The van der Waals surface area contributed by atoms with Gasteiger partial charge < -0.3 is 19.4 Å². The normalized spacial score (nSPS) is 22.2. The van der Waals surface area contributed by atoms with E-state index in [0.29, 0.717) is 46.2 Å². The standard InChI is InChI=1S/C27H21BrF3N3O6S2/c28-14-4-5-17(40-12-18(35)33-6-8-39-9-7-33)16(11-14)19-20-22(41-23-21(19)42-26(38)32-23)25(37)34(24(20)36)15-3-1-2-13(10-15)27(29,30)31/h1-5,10-11,19-20,22H,6-9,12H2,(H,32,38). The van der Waals surface area contributed by atoms with Gasteiger partial charge in [-0.25, -0.2) is 4.90 Å². The first-order chi connectivity index (χ1) is 20.0. The highest BCUT2D eigenvalue weighted by molar-refractivity contribution is 9.10. The fourth-order valence-electron chi connectivity index (χ4n) is 5.37. The number of aromatic amines is 1. The van der Waals surface area contributed by atoms with E-state index in [9.17, 15) is 32.3 Å². The summed E-state index contributed by atoms with van der Waals surface area (Å²) >= 11 is 5.34. The Morgan fingerprint density at radius 1 is 1.10 bits per heavy atom. The summed E-state index contributed by atoms with van der Waals surface area (Å²) in [5, 5.41) is -0.616. The minimum Gasteiger partial charge on any atom is -0.483 e. The molecule has 3 atom stereocenters. The fourth-order valence-corrected chi connectivity index (χ4v) is 8.25. The van der Waals surface area contributed by atoms with E-state index in [2.05, 4.69) is 20.9 Å². The monoisotopic (exact) mass is 683 g/mol. The van der Waals surface area contributed by atoms with E-state index in [4.69, 9.17) is 9.47 Å². The molecule has 15 heteroatoms. The minimum absolute atomic E-state index is 0.188. The van der Waals surface area contributed by atoms with Crippen LogP contribution in [0.4, 0.5) is 18.9 Å². The number of morpholine rings is 1. The predicted molar refractivity (Wildman–Crippen MR) is 151 cm³/mol. The zero-order valence-electron chi connectivity index (χ0n) is 21.5. The molecule has 3 amide bonds. The molecule has 2 saturated heterocycles. The molecular formula is C27H21BrF3N3O6S2. The number of rotatable bonds is 5. The Balaban J connectivity index is 1.39. The van der Waals surface area contributed by atoms with Gasteiger partial charge in [0.05, 0.1) is 35.4 Å². The van der Waals surface area contributed by atoms with Crippen molar-refractivity contribution < 1.29 is 37.0 Å². The maximum Gasteiger partial charge on any atom is 0.416 e. The van der Waals surface area contributed by atoms with Crippen molar-refractivity contribution in [1.29, 1.82) is 0 Å². The number of anilines is 1. The number of hydrogen-bond acceptors (Lipinski definition) is 8. The number of benzene rings is 2. The first-order valence-corrected chi connectivity index (χ1v) is 15.2. The molecule has 3 aliphatic rings. The molecule has 0 aliphatic carbocycles. The van der Waals surface area contributed by atoms with Gasteiger partial charge in [0.1, 0.15) is 11.0 Å². The van der Waals surface area contributed by atoms with Gasteiger partial charge in [-0.1, -0.05) is 45.1 Å². The summed E-state index contributed by atoms with van der Waals surface area (Å²) in [5.41, 5.74) is -0.721. The number of fused-ring (bicyclic) bond motifs is 2. The van der Waals surface area contributed by atoms with E-state index in [-0.39, 0.29) is 28.8 Å². The molecule has 220 valence electrons. The number of hydrogen-bond donors (Lipinski definition) is 1. The minimum atomic E-state index is -4.67. The molecule has 2 aromatic carbocycles. The van der Waals surface area contributed by atoms with Crippen LogP contribution in [0.2, 0.25) is 0 Å². The van der Waals surface area contributed by atoms with E-state index in [1.165, 1.54) is 6.07 Å². The molecule has 1 N–H and O–H groups in total.